The number of hydrogen-bond donors (Lipinski definition) is 1. The van der Waals surface area contributed by atoms with Crippen molar-refractivity contribution in [2.75, 3.05) is 36.5 Å². The highest BCUT2D eigenvalue weighted by Gasteiger charge is 2.31. The van der Waals surface area contributed by atoms with E-state index in [4.69, 9.17) is 9.47 Å². The molecule has 1 fully saturated rings. The Morgan fingerprint density at radius 1 is 1.06 bits per heavy atom. The third kappa shape index (κ3) is 4.02. The van der Waals surface area contributed by atoms with E-state index in [2.05, 4.69) is 10.2 Å². The molecule has 33 heavy (non-hydrogen) atoms. The van der Waals surface area contributed by atoms with Crippen LogP contribution >= 0.6 is 0 Å². The normalized spacial score (nSPS) is 19.4. The molecule has 2 aromatic rings. The van der Waals surface area contributed by atoms with Gasteiger partial charge in [-0.15, -0.1) is 0 Å². The van der Waals surface area contributed by atoms with Crippen molar-refractivity contribution in [2.24, 2.45) is 0 Å². The summed E-state index contributed by atoms with van der Waals surface area (Å²) in [5.74, 6) is -0.620. The monoisotopic (exact) mass is 449 g/mol. The van der Waals surface area contributed by atoms with Crippen LogP contribution in [0.25, 0.3) is 0 Å². The van der Waals surface area contributed by atoms with E-state index in [0.717, 1.165) is 11.3 Å². The number of carbonyl (C=O) groups excluding carboxylic acids is 4. The zero-order valence-corrected chi connectivity index (χ0v) is 18.1. The molecule has 0 unspecified atom stereocenters. The quantitative estimate of drug-likeness (QED) is 0.423. The van der Waals surface area contributed by atoms with E-state index in [1.165, 1.54) is 4.90 Å². The molecule has 9 heteroatoms. The number of amides is 2. The number of esters is 1. The van der Waals surface area contributed by atoms with Crippen LogP contribution in [-0.4, -0.2) is 60.7 Å². The van der Waals surface area contributed by atoms with Crippen molar-refractivity contribution in [3.63, 3.8) is 0 Å². The summed E-state index contributed by atoms with van der Waals surface area (Å²) in [5, 5.41) is 2.59. The van der Waals surface area contributed by atoms with Gasteiger partial charge in [0.25, 0.3) is 0 Å². The van der Waals surface area contributed by atoms with Crippen molar-refractivity contribution >= 4 is 34.9 Å². The Morgan fingerprint density at radius 3 is 2.73 bits per heavy atom. The van der Waals surface area contributed by atoms with Gasteiger partial charge < -0.3 is 24.6 Å². The zero-order valence-electron chi connectivity index (χ0n) is 18.1. The maximum atomic E-state index is 12.8. The second kappa shape index (κ2) is 8.23. The van der Waals surface area contributed by atoms with Gasteiger partial charge in [0.15, 0.2) is 5.78 Å². The summed E-state index contributed by atoms with van der Waals surface area (Å²) < 4.78 is 10.7. The van der Waals surface area contributed by atoms with E-state index < -0.39 is 11.8 Å². The molecule has 0 spiro atoms. The molecule has 0 aliphatic carbocycles. The van der Waals surface area contributed by atoms with Crippen molar-refractivity contribution < 1.29 is 28.7 Å². The van der Waals surface area contributed by atoms with Crippen LogP contribution in [0.2, 0.25) is 0 Å². The molecule has 170 valence electrons. The minimum atomic E-state index is -0.739. The van der Waals surface area contributed by atoms with Crippen LogP contribution in [-0.2, 0) is 20.8 Å². The van der Waals surface area contributed by atoms with Crippen molar-refractivity contribution in [2.45, 2.75) is 25.8 Å². The average Bonchev–Trinajstić information content (AvgIpc) is 3.18. The van der Waals surface area contributed by atoms with Crippen molar-refractivity contribution in [3.05, 3.63) is 47.5 Å². The maximum absolute atomic E-state index is 12.8. The first kappa shape index (κ1) is 21.0. The maximum Gasteiger partial charge on any atom is 0.315 e. The Balaban J connectivity index is 1.23. The molecule has 1 saturated heterocycles. The standard InChI is InChI=1S/C24H23N3O6/c1-14-13-26(7-8-27(14)17-4-5-20-18(12-17)19(28)6-9-32-20)24(31)23(30)25-16-3-2-15-10-22(29)33-21(15)11-16/h2-5,11-12,14H,6-10,13H2,1H3,(H,25,30)/t14-/m1/s1. The predicted octanol–water partition coefficient (Wildman–Crippen LogP) is 1.79. The minimum Gasteiger partial charge on any atom is -0.492 e. The summed E-state index contributed by atoms with van der Waals surface area (Å²) in [6.45, 7) is 3.66. The first-order valence-electron chi connectivity index (χ1n) is 10.9. The zero-order chi connectivity index (χ0) is 23.1. The number of ketones is 1. The topological polar surface area (TPSA) is 105 Å². The molecule has 5 rings (SSSR count). The van der Waals surface area contributed by atoms with Crippen LogP contribution < -0.4 is 19.7 Å². The number of nitrogens with zero attached hydrogens (tertiary/aromatic N) is 2. The number of anilines is 2. The van der Waals surface area contributed by atoms with E-state index >= 15 is 0 Å². The van der Waals surface area contributed by atoms with Crippen LogP contribution in [0.1, 0.15) is 29.3 Å². The molecule has 1 atom stereocenters. The third-order valence-electron chi connectivity index (χ3n) is 6.17. The number of hydrogen-bond acceptors (Lipinski definition) is 7. The summed E-state index contributed by atoms with van der Waals surface area (Å²) in [5.41, 5.74) is 2.63. The first-order valence-corrected chi connectivity index (χ1v) is 10.9. The Bertz CT molecular complexity index is 1180. The lowest BCUT2D eigenvalue weighted by Gasteiger charge is -2.41. The molecule has 2 amide bonds. The molecule has 0 radical (unpaired) electrons. The lowest BCUT2D eigenvalue weighted by molar-refractivity contribution is -0.143. The largest absolute Gasteiger partial charge is 0.492 e. The van der Waals surface area contributed by atoms with Gasteiger partial charge in [-0.25, -0.2) is 0 Å². The number of benzene rings is 2. The molecule has 0 saturated carbocycles. The molecule has 0 aromatic heterocycles. The summed E-state index contributed by atoms with van der Waals surface area (Å²) in [4.78, 5) is 52.6. The summed E-state index contributed by atoms with van der Waals surface area (Å²) >= 11 is 0. The molecule has 0 bridgehead atoms. The van der Waals surface area contributed by atoms with E-state index in [0.29, 0.717) is 55.4 Å². The van der Waals surface area contributed by atoms with Crippen molar-refractivity contribution in [1.82, 2.24) is 4.90 Å². The Kier molecular flexibility index (Phi) is 5.24. The number of fused-ring (bicyclic) bond motifs is 2. The van der Waals surface area contributed by atoms with E-state index in [9.17, 15) is 19.2 Å². The molecule has 3 heterocycles. The Hall–Kier alpha value is -3.88. The summed E-state index contributed by atoms with van der Waals surface area (Å²) in [6.07, 6.45) is 0.576. The fourth-order valence-corrected chi connectivity index (χ4v) is 4.47. The number of ether oxygens (including phenoxy) is 2. The van der Waals surface area contributed by atoms with E-state index in [1.807, 2.05) is 25.1 Å². The van der Waals surface area contributed by atoms with Crippen LogP contribution in [0.15, 0.2) is 36.4 Å². The van der Waals surface area contributed by atoms with Gasteiger partial charge in [0.2, 0.25) is 0 Å². The van der Waals surface area contributed by atoms with Gasteiger partial charge >= 0.3 is 17.8 Å². The van der Waals surface area contributed by atoms with Crippen molar-refractivity contribution in [1.29, 1.82) is 0 Å². The number of Topliss-reactive ketones (excluding diaryl/α,β-unsaturated/α-hetero) is 1. The summed E-state index contributed by atoms with van der Waals surface area (Å²) in [7, 11) is 0. The van der Waals surface area contributed by atoms with Crippen LogP contribution in [0.4, 0.5) is 11.4 Å². The highest BCUT2D eigenvalue weighted by Crippen LogP contribution is 2.31. The lowest BCUT2D eigenvalue weighted by atomic mass is 10.0. The summed E-state index contributed by atoms with van der Waals surface area (Å²) in [6, 6.07) is 10.4. The SMILES string of the molecule is C[C@@H]1CN(C(=O)C(=O)Nc2ccc3c(c2)OC(=O)C3)CCN1c1ccc2c(c1)C(=O)CCO2. The van der Waals surface area contributed by atoms with Gasteiger partial charge in [-0.2, -0.15) is 0 Å². The molecule has 1 N–H and O–H groups in total. The van der Waals surface area contributed by atoms with Crippen LogP contribution in [0.5, 0.6) is 11.5 Å². The molecular formula is C24H23N3O6. The minimum absolute atomic E-state index is 0.0485. The lowest BCUT2D eigenvalue weighted by Crippen LogP contribution is -2.55. The molecule has 9 nitrogen and oxygen atoms in total. The molecular weight excluding hydrogens is 426 g/mol. The van der Waals surface area contributed by atoms with Gasteiger partial charge in [-0.05, 0) is 31.2 Å². The van der Waals surface area contributed by atoms with Gasteiger partial charge in [0, 0.05) is 55.1 Å². The predicted molar refractivity (Wildman–Crippen MR) is 119 cm³/mol. The Morgan fingerprint density at radius 2 is 1.91 bits per heavy atom. The number of carbonyl (C=O) groups is 4. The molecule has 2 aromatic carbocycles. The third-order valence-corrected chi connectivity index (χ3v) is 6.17. The van der Waals surface area contributed by atoms with Gasteiger partial charge in [0.05, 0.1) is 18.6 Å². The van der Waals surface area contributed by atoms with Crippen molar-refractivity contribution in [3.8, 4) is 11.5 Å². The smallest absolute Gasteiger partial charge is 0.315 e. The number of nitrogens with one attached hydrogen (secondary N) is 1. The van der Waals surface area contributed by atoms with E-state index in [1.54, 1.807) is 18.2 Å². The van der Waals surface area contributed by atoms with Gasteiger partial charge in [-0.3, -0.25) is 19.2 Å². The second-order valence-electron chi connectivity index (χ2n) is 8.42. The second-order valence-corrected chi connectivity index (χ2v) is 8.42. The van der Waals surface area contributed by atoms with Gasteiger partial charge in [0.1, 0.15) is 11.5 Å². The Labute approximate surface area is 190 Å². The first-order chi connectivity index (χ1) is 15.9. The number of rotatable bonds is 2. The van der Waals surface area contributed by atoms with Crippen LogP contribution in [0.3, 0.4) is 0 Å². The number of piperazine rings is 1. The molecule has 3 aliphatic heterocycles. The average molecular weight is 449 g/mol. The fourth-order valence-electron chi connectivity index (χ4n) is 4.47. The van der Waals surface area contributed by atoms with Crippen LogP contribution in [0, 0.1) is 0 Å². The molecule has 3 aliphatic rings. The highest BCUT2D eigenvalue weighted by atomic mass is 16.5. The van der Waals surface area contributed by atoms with E-state index in [-0.39, 0.29) is 24.2 Å². The van der Waals surface area contributed by atoms with Gasteiger partial charge in [-0.1, -0.05) is 6.07 Å². The highest BCUT2D eigenvalue weighted by molar-refractivity contribution is 6.39. The fraction of sp³-hybridized carbons (Fsp3) is 0.333.